The van der Waals surface area contributed by atoms with Crippen LogP contribution in [0.3, 0.4) is 0 Å². The molecule has 1 fully saturated rings. The highest BCUT2D eigenvalue weighted by molar-refractivity contribution is 5.85. The van der Waals surface area contributed by atoms with E-state index in [4.69, 9.17) is 18.9 Å². The van der Waals surface area contributed by atoms with E-state index in [9.17, 15) is 19.2 Å². The highest BCUT2D eigenvalue weighted by atomic mass is 16.5. The van der Waals surface area contributed by atoms with Crippen LogP contribution in [0.25, 0.3) is 0 Å². The summed E-state index contributed by atoms with van der Waals surface area (Å²) in [5.74, 6) is -0.557. The molecule has 2 aromatic carbocycles. The maximum absolute atomic E-state index is 11.7. The maximum atomic E-state index is 11.7. The molecule has 0 saturated heterocycles. The molecule has 1 aliphatic rings. The first-order chi connectivity index (χ1) is 17.3. The highest BCUT2D eigenvalue weighted by Crippen LogP contribution is 2.43. The minimum atomic E-state index is -0.623. The van der Waals surface area contributed by atoms with Crippen molar-refractivity contribution in [3.8, 4) is 23.0 Å². The molecular formula is C28H26O8. The number of esters is 3. The molecule has 8 heteroatoms. The van der Waals surface area contributed by atoms with Crippen LogP contribution in [0.15, 0.2) is 74.4 Å². The van der Waals surface area contributed by atoms with Crippen LogP contribution < -0.4 is 18.9 Å². The summed E-state index contributed by atoms with van der Waals surface area (Å²) in [6.07, 6.45) is 6.33. The Morgan fingerprint density at radius 1 is 0.611 bits per heavy atom. The summed E-state index contributed by atoms with van der Waals surface area (Å²) in [6, 6.07) is 9.95. The average molecular weight is 491 g/mol. The Bertz CT molecular complexity index is 1150. The van der Waals surface area contributed by atoms with Crippen LogP contribution in [0.1, 0.15) is 48.6 Å². The van der Waals surface area contributed by atoms with Crippen molar-refractivity contribution < 1.29 is 38.1 Å². The molecule has 0 bridgehead atoms. The molecule has 0 N–H and O–H groups in total. The fourth-order valence-corrected chi connectivity index (χ4v) is 4.19. The zero-order chi connectivity index (χ0) is 26.1. The summed E-state index contributed by atoms with van der Waals surface area (Å²) < 4.78 is 20.8. The second-order valence-corrected chi connectivity index (χ2v) is 8.11. The van der Waals surface area contributed by atoms with Gasteiger partial charge in [0.25, 0.3) is 6.47 Å². The van der Waals surface area contributed by atoms with Gasteiger partial charge in [-0.2, -0.15) is 0 Å². The molecular weight excluding hydrogens is 464 g/mol. The van der Waals surface area contributed by atoms with Crippen molar-refractivity contribution in [1.29, 1.82) is 0 Å². The zero-order valence-electron chi connectivity index (χ0n) is 19.6. The van der Waals surface area contributed by atoms with Gasteiger partial charge in [0.15, 0.2) is 0 Å². The molecule has 1 aliphatic carbocycles. The molecule has 186 valence electrons. The smallest absolute Gasteiger partial charge is 0.335 e. The van der Waals surface area contributed by atoms with E-state index in [1.165, 1.54) is 12.1 Å². The normalized spacial score (nSPS) is 16.7. The number of carbonyl (C=O) groups is 4. The number of ether oxygens (including phenoxy) is 4. The van der Waals surface area contributed by atoms with Gasteiger partial charge in [0.2, 0.25) is 0 Å². The van der Waals surface area contributed by atoms with Gasteiger partial charge < -0.3 is 18.9 Å². The van der Waals surface area contributed by atoms with Gasteiger partial charge in [-0.1, -0.05) is 19.7 Å². The van der Waals surface area contributed by atoms with Crippen molar-refractivity contribution in [3.63, 3.8) is 0 Å². The third-order valence-electron chi connectivity index (χ3n) is 5.81. The van der Waals surface area contributed by atoms with Crippen LogP contribution in [0.5, 0.6) is 23.0 Å². The quantitative estimate of drug-likeness (QED) is 0.200. The first kappa shape index (κ1) is 26.2. The van der Waals surface area contributed by atoms with Crippen LogP contribution in [-0.4, -0.2) is 24.4 Å². The van der Waals surface area contributed by atoms with Gasteiger partial charge in [0.05, 0.1) is 0 Å². The van der Waals surface area contributed by atoms with Crippen molar-refractivity contribution in [2.24, 2.45) is 0 Å². The molecule has 36 heavy (non-hydrogen) atoms. The van der Waals surface area contributed by atoms with E-state index in [2.05, 4.69) is 19.7 Å². The van der Waals surface area contributed by atoms with Gasteiger partial charge in [-0.15, -0.1) is 0 Å². The first-order valence-electron chi connectivity index (χ1n) is 11.3. The third-order valence-corrected chi connectivity index (χ3v) is 5.81. The lowest BCUT2D eigenvalue weighted by atomic mass is 9.76. The molecule has 2 aromatic rings. The number of hydrogen-bond donors (Lipinski definition) is 0. The van der Waals surface area contributed by atoms with Gasteiger partial charge >= 0.3 is 17.9 Å². The maximum Gasteiger partial charge on any atom is 0.335 e. The van der Waals surface area contributed by atoms with Gasteiger partial charge in [-0.05, 0) is 72.9 Å². The molecule has 3 rings (SSSR count). The van der Waals surface area contributed by atoms with Gasteiger partial charge in [-0.25, -0.2) is 14.4 Å². The Hall–Kier alpha value is -4.46. The number of rotatable bonds is 10. The zero-order valence-corrected chi connectivity index (χ0v) is 19.6. The van der Waals surface area contributed by atoms with Crippen LogP contribution in [0.2, 0.25) is 0 Å². The van der Waals surface area contributed by atoms with E-state index in [1.807, 2.05) is 0 Å². The minimum Gasteiger partial charge on any atom is -0.429 e. The Labute approximate surface area is 208 Å². The van der Waals surface area contributed by atoms with Crippen molar-refractivity contribution >= 4 is 24.4 Å². The van der Waals surface area contributed by atoms with E-state index in [-0.39, 0.29) is 34.8 Å². The predicted octanol–water partition coefficient (Wildman–Crippen LogP) is 4.94. The van der Waals surface area contributed by atoms with Crippen molar-refractivity contribution in [1.82, 2.24) is 0 Å². The van der Waals surface area contributed by atoms with Crippen LogP contribution in [0.4, 0.5) is 0 Å². The second kappa shape index (κ2) is 12.3. The van der Waals surface area contributed by atoms with Crippen molar-refractivity contribution in [2.45, 2.75) is 37.5 Å². The molecule has 0 heterocycles. The van der Waals surface area contributed by atoms with Crippen LogP contribution in [0, 0.1) is 0 Å². The van der Waals surface area contributed by atoms with Gasteiger partial charge in [0, 0.05) is 30.4 Å². The third kappa shape index (κ3) is 7.02. The summed E-state index contributed by atoms with van der Waals surface area (Å²) in [5, 5.41) is 0. The van der Waals surface area contributed by atoms with Crippen molar-refractivity contribution in [3.05, 3.63) is 85.5 Å². The highest BCUT2D eigenvalue weighted by Gasteiger charge is 2.26. The van der Waals surface area contributed by atoms with E-state index in [0.717, 1.165) is 55.0 Å². The molecule has 0 amide bonds. The lowest BCUT2D eigenvalue weighted by Gasteiger charge is -2.29. The standard InChI is InChI=1S/C28H26O8/c1-4-26(30)34-23-12-20(11-22(15-23)33-17-29)18-7-9-19(10-8-18)21-13-24(35-27(31)5-2)16-25(14-21)36-28(32)6-3/h4-6,11-19H,1-3,7-10H2. The summed E-state index contributed by atoms with van der Waals surface area (Å²) in [5.41, 5.74) is 1.75. The summed E-state index contributed by atoms with van der Waals surface area (Å²) in [4.78, 5) is 45.9. The second-order valence-electron chi connectivity index (χ2n) is 8.11. The molecule has 0 aromatic heterocycles. The number of benzene rings is 2. The molecule has 0 radical (unpaired) electrons. The molecule has 0 aliphatic heterocycles. The summed E-state index contributed by atoms with van der Waals surface area (Å²) in [7, 11) is 0. The van der Waals surface area contributed by atoms with E-state index >= 15 is 0 Å². The topological polar surface area (TPSA) is 105 Å². The summed E-state index contributed by atoms with van der Waals surface area (Å²) in [6.45, 7) is 10.5. The van der Waals surface area contributed by atoms with E-state index < -0.39 is 17.9 Å². The number of hydrogen-bond acceptors (Lipinski definition) is 8. The molecule has 1 saturated carbocycles. The number of carbonyl (C=O) groups excluding carboxylic acids is 4. The Kier molecular flexibility index (Phi) is 8.94. The largest absolute Gasteiger partial charge is 0.429 e. The minimum absolute atomic E-state index is 0.122. The Balaban J connectivity index is 1.80. The SMILES string of the molecule is C=CC(=O)Oc1cc(OC=O)cc(C2CCC(c3cc(OC(=O)C=C)cc(OC(=O)C=C)c3)CC2)c1. The fourth-order valence-electron chi connectivity index (χ4n) is 4.19. The Morgan fingerprint density at radius 2 is 0.944 bits per heavy atom. The molecule has 0 atom stereocenters. The van der Waals surface area contributed by atoms with Crippen molar-refractivity contribution in [2.75, 3.05) is 0 Å². The van der Waals surface area contributed by atoms with Crippen LogP contribution >= 0.6 is 0 Å². The molecule has 0 unspecified atom stereocenters. The lowest BCUT2D eigenvalue weighted by Crippen LogP contribution is -2.14. The predicted molar refractivity (Wildman–Crippen MR) is 131 cm³/mol. The lowest BCUT2D eigenvalue weighted by molar-refractivity contribution is -0.130. The molecule has 8 nitrogen and oxygen atoms in total. The fraction of sp³-hybridized carbons (Fsp3) is 0.214. The first-order valence-corrected chi connectivity index (χ1v) is 11.3. The summed E-state index contributed by atoms with van der Waals surface area (Å²) >= 11 is 0. The monoisotopic (exact) mass is 490 g/mol. The molecule has 0 spiro atoms. The average Bonchev–Trinajstić information content (AvgIpc) is 2.88. The van der Waals surface area contributed by atoms with E-state index in [1.54, 1.807) is 24.3 Å². The van der Waals surface area contributed by atoms with Crippen LogP contribution in [-0.2, 0) is 19.2 Å². The van der Waals surface area contributed by atoms with Gasteiger partial charge in [-0.3, -0.25) is 4.79 Å². The Morgan fingerprint density at radius 3 is 1.28 bits per heavy atom. The van der Waals surface area contributed by atoms with E-state index in [0.29, 0.717) is 6.47 Å². The van der Waals surface area contributed by atoms with Gasteiger partial charge in [0.1, 0.15) is 23.0 Å².